The van der Waals surface area contributed by atoms with Crippen LogP contribution in [0.5, 0.6) is 0 Å². The summed E-state index contributed by atoms with van der Waals surface area (Å²) in [7, 11) is 0. The van der Waals surface area contributed by atoms with Gasteiger partial charge in [0.1, 0.15) is 17.9 Å². The van der Waals surface area contributed by atoms with Gasteiger partial charge in [-0.3, -0.25) is 0 Å². The summed E-state index contributed by atoms with van der Waals surface area (Å²) in [6.45, 7) is -0.166. The molecule has 0 fully saturated rings. The maximum absolute atomic E-state index is 10.5. The van der Waals surface area contributed by atoms with Crippen molar-refractivity contribution in [3.8, 4) is 0 Å². The van der Waals surface area contributed by atoms with Crippen molar-refractivity contribution < 1.29 is 20.1 Å². The summed E-state index contributed by atoms with van der Waals surface area (Å²) in [6, 6.07) is 0. The molecule has 0 aliphatic heterocycles. The van der Waals surface area contributed by atoms with Gasteiger partial charge in [0.25, 0.3) is 0 Å². The van der Waals surface area contributed by atoms with E-state index >= 15 is 0 Å². The second-order valence-electron chi connectivity index (χ2n) is 3.68. The summed E-state index contributed by atoms with van der Waals surface area (Å²) in [5.41, 5.74) is 6.29. The number of anilines is 1. The number of nitrogen functional groups attached to an aromatic ring is 1. The topological polar surface area (TPSA) is 147 Å². The van der Waals surface area contributed by atoms with Gasteiger partial charge >= 0.3 is 5.97 Å². The number of fused-ring (bicyclic) bond motifs is 1. The van der Waals surface area contributed by atoms with Crippen LogP contribution in [0.3, 0.4) is 0 Å². The molecule has 2 aromatic rings. The van der Waals surface area contributed by atoms with Crippen molar-refractivity contribution in [2.75, 3.05) is 5.73 Å². The summed E-state index contributed by atoms with van der Waals surface area (Å²) < 4.78 is 1.39. The van der Waals surface area contributed by atoms with Crippen LogP contribution in [0, 0.1) is 0 Å². The zero-order valence-electron chi connectivity index (χ0n) is 9.13. The van der Waals surface area contributed by atoms with E-state index in [4.69, 9.17) is 10.8 Å². The maximum Gasteiger partial charge on any atom is 0.335 e. The Balaban J connectivity index is 2.27. The Hall–Kier alpha value is -2.26. The number of nitrogens with two attached hydrogens (primary N) is 1. The number of aliphatic hydroxyl groups excluding tert-OH is 2. The monoisotopic (exact) mass is 253 g/mol. The van der Waals surface area contributed by atoms with Crippen LogP contribution in [0.2, 0.25) is 0 Å². The molecule has 2 atom stereocenters. The SMILES string of the molecule is Nc1ncnc2c1ncn2CC(O)C(O)C(=O)O. The minimum absolute atomic E-state index is 0.166. The Labute approximate surface area is 101 Å². The fourth-order valence-corrected chi connectivity index (χ4v) is 1.50. The quantitative estimate of drug-likeness (QED) is 0.499. The normalized spacial score (nSPS) is 14.6. The van der Waals surface area contributed by atoms with E-state index in [2.05, 4.69) is 15.0 Å². The number of carboxylic acid groups (broad SMARTS) is 1. The van der Waals surface area contributed by atoms with Crippen LogP contribution in [0.25, 0.3) is 11.2 Å². The number of imidazole rings is 1. The first kappa shape index (κ1) is 12.2. The maximum atomic E-state index is 10.5. The van der Waals surface area contributed by atoms with Crippen LogP contribution in [-0.4, -0.2) is 53.0 Å². The highest BCUT2D eigenvalue weighted by Gasteiger charge is 2.24. The van der Waals surface area contributed by atoms with Gasteiger partial charge in [0.05, 0.1) is 12.9 Å². The minimum Gasteiger partial charge on any atom is -0.479 e. The molecule has 96 valence electrons. The van der Waals surface area contributed by atoms with Gasteiger partial charge < -0.3 is 25.6 Å². The van der Waals surface area contributed by atoms with Crippen LogP contribution in [0.4, 0.5) is 5.82 Å². The third-order valence-corrected chi connectivity index (χ3v) is 2.43. The number of hydrogen-bond acceptors (Lipinski definition) is 7. The zero-order valence-corrected chi connectivity index (χ0v) is 9.13. The third-order valence-electron chi connectivity index (χ3n) is 2.43. The lowest BCUT2D eigenvalue weighted by Gasteiger charge is -2.14. The molecule has 18 heavy (non-hydrogen) atoms. The summed E-state index contributed by atoms with van der Waals surface area (Å²) >= 11 is 0. The predicted octanol–water partition coefficient (Wildman–Crippen LogP) is -1.79. The molecule has 0 saturated carbocycles. The van der Waals surface area contributed by atoms with Crippen molar-refractivity contribution in [3.05, 3.63) is 12.7 Å². The average Bonchev–Trinajstić information content (AvgIpc) is 2.73. The highest BCUT2D eigenvalue weighted by molar-refractivity contribution is 5.81. The van der Waals surface area contributed by atoms with E-state index in [1.165, 1.54) is 17.2 Å². The van der Waals surface area contributed by atoms with Gasteiger partial charge in [-0.25, -0.2) is 19.7 Å². The number of nitrogens with zero attached hydrogens (tertiary/aromatic N) is 4. The van der Waals surface area contributed by atoms with Gasteiger partial charge in [0, 0.05) is 0 Å². The van der Waals surface area contributed by atoms with Gasteiger partial charge in [0.15, 0.2) is 17.6 Å². The second-order valence-corrected chi connectivity index (χ2v) is 3.68. The van der Waals surface area contributed by atoms with Crippen LogP contribution in [-0.2, 0) is 11.3 Å². The van der Waals surface area contributed by atoms with E-state index in [9.17, 15) is 15.0 Å². The van der Waals surface area contributed by atoms with Crippen molar-refractivity contribution >= 4 is 23.0 Å². The fourth-order valence-electron chi connectivity index (χ4n) is 1.50. The Morgan fingerprint density at radius 3 is 2.78 bits per heavy atom. The number of aromatic nitrogens is 4. The minimum atomic E-state index is -1.87. The number of hydrogen-bond donors (Lipinski definition) is 4. The van der Waals surface area contributed by atoms with Crippen molar-refractivity contribution in [2.24, 2.45) is 0 Å². The highest BCUT2D eigenvalue weighted by Crippen LogP contribution is 2.14. The number of aliphatic carboxylic acids is 1. The molecule has 9 heteroatoms. The van der Waals surface area contributed by atoms with E-state index in [1.54, 1.807) is 0 Å². The first-order valence-corrected chi connectivity index (χ1v) is 5.01. The molecule has 5 N–H and O–H groups in total. The van der Waals surface area contributed by atoms with E-state index in [1.807, 2.05) is 0 Å². The molecule has 0 saturated heterocycles. The zero-order chi connectivity index (χ0) is 13.3. The van der Waals surface area contributed by atoms with Gasteiger partial charge in [-0.15, -0.1) is 0 Å². The van der Waals surface area contributed by atoms with E-state index in [0.29, 0.717) is 11.2 Å². The lowest BCUT2D eigenvalue weighted by molar-refractivity contribution is -0.153. The molecule has 0 bridgehead atoms. The van der Waals surface area contributed by atoms with E-state index < -0.39 is 18.2 Å². The number of carbonyl (C=O) groups is 1. The van der Waals surface area contributed by atoms with Crippen LogP contribution in [0.1, 0.15) is 0 Å². The van der Waals surface area contributed by atoms with Gasteiger partial charge in [-0.05, 0) is 0 Å². The summed E-state index contributed by atoms with van der Waals surface area (Å²) in [4.78, 5) is 22.1. The fraction of sp³-hybridized carbons (Fsp3) is 0.333. The van der Waals surface area contributed by atoms with Gasteiger partial charge in [-0.2, -0.15) is 0 Å². The smallest absolute Gasteiger partial charge is 0.335 e. The summed E-state index contributed by atoms with van der Waals surface area (Å²) in [6.07, 6.45) is -0.777. The first-order valence-electron chi connectivity index (χ1n) is 5.01. The van der Waals surface area contributed by atoms with Crippen LogP contribution in [0.15, 0.2) is 12.7 Å². The predicted molar refractivity (Wildman–Crippen MR) is 59.4 cm³/mol. The van der Waals surface area contributed by atoms with Crippen molar-refractivity contribution in [3.63, 3.8) is 0 Å². The Morgan fingerprint density at radius 2 is 2.11 bits per heavy atom. The van der Waals surface area contributed by atoms with Crippen molar-refractivity contribution in [1.29, 1.82) is 0 Å². The molecule has 2 unspecified atom stereocenters. The molecular weight excluding hydrogens is 242 g/mol. The molecule has 2 rings (SSSR count). The Kier molecular flexibility index (Phi) is 3.08. The third kappa shape index (κ3) is 2.08. The number of aliphatic hydroxyl groups is 2. The first-order chi connectivity index (χ1) is 8.50. The number of rotatable bonds is 4. The molecular formula is C9H11N5O4. The summed E-state index contributed by atoms with van der Waals surface area (Å²) in [5, 5.41) is 27.3. The number of carboxylic acids is 1. The lowest BCUT2D eigenvalue weighted by Crippen LogP contribution is -2.36. The molecule has 0 spiro atoms. The van der Waals surface area contributed by atoms with E-state index in [-0.39, 0.29) is 12.4 Å². The largest absolute Gasteiger partial charge is 0.479 e. The molecule has 9 nitrogen and oxygen atoms in total. The molecule has 2 heterocycles. The highest BCUT2D eigenvalue weighted by atomic mass is 16.4. The molecule has 0 radical (unpaired) electrons. The van der Waals surface area contributed by atoms with Crippen LogP contribution >= 0.6 is 0 Å². The summed E-state index contributed by atoms with van der Waals surface area (Å²) in [5.74, 6) is -1.31. The molecule has 0 aliphatic carbocycles. The molecule has 0 aliphatic rings. The van der Waals surface area contributed by atoms with Crippen molar-refractivity contribution in [1.82, 2.24) is 19.5 Å². The Morgan fingerprint density at radius 1 is 1.39 bits per heavy atom. The lowest BCUT2D eigenvalue weighted by atomic mass is 10.2. The van der Waals surface area contributed by atoms with Crippen LogP contribution < -0.4 is 5.73 Å². The Bertz CT molecular complexity index is 583. The molecule has 2 aromatic heterocycles. The molecule has 0 amide bonds. The van der Waals surface area contributed by atoms with Crippen molar-refractivity contribution in [2.45, 2.75) is 18.8 Å². The van der Waals surface area contributed by atoms with Gasteiger partial charge in [0.2, 0.25) is 0 Å². The average molecular weight is 253 g/mol. The second kappa shape index (κ2) is 4.55. The molecule has 0 aromatic carbocycles. The standard InChI is InChI=1S/C9H11N5O4/c10-7-5-8(12-2-11-7)14(3-13-5)1-4(15)6(16)9(17)18/h2-4,6,15-16H,1H2,(H,17,18)(H2,10,11,12). The van der Waals surface area contributed by atoms with E-state index in [0.717, 1.165) is 0 Å². The van der Waals surface area contributed by atoms with Gasteiger partial charge in [-0.1, -0.05) is 0 Å².